The van der Waals surface area contributed by atoms with Crippen LogP contribution in [0.5, 0.6) is 0 Å². The van der Waals surface area contributed by atoms with Gasteiger partial charge in [-0.3, -0.25) is 0 Å². The zero-order valence-electron chi connectivity index (χ0n) is 11.3. The Labute approximate surface area is 109 Å². The van der Waals surface area contributed by atoms with E-state index in [1.807, 2.05) is 0 Å². The smallest absolute Gasteiger partial charge is 0.136 e. The van der Waals surface area contributed by atoms with E-state index in [0.717, 1.165) is 32.0 Å². The topological polar surface area (TPSA) is 41.1 Å². The highest BCUT2D eigenvalue weighted by molar-refractivity contribution is 5.50. The molecule has 4 nitrogen and oxygen atoms in total. The number of anilines is 1. The minimum absolute atomic E-state index is 0.592. The van der Waals surface area contributed by atoms with Crippen molar-refractivity contribution >= 4 is 5.82 Å². The number of piperidine rings is 1. The monoisotopic (exact) mass is 246 g/mol. The fourth-order valence-corrected chi connectivity index (χ4v) is 3.22. The molecule has 98 valence electrons. The molecule has 3 heterocycles. The van der Waals surface area contributed by atoms with Gasteiger partial charge in [0.2, 0.25) is 0 Å². The van der Waals surface area contributed by atoms with E-state index in [0.29, 0.717) is 6.04 Å². The van der Waals surface area contributed by atoms with Crippen LogP contribution in [0.2, 0.25) is 0 Å². The molecule has 1 aromatic heterocycles. The van der Waals surface area contributed by atoms with Crippen LogP contribution in [0, 0.1) is 5.92 Å². The van der Waals surface area contributed by atoms with Gasteiger partial charge in [-0.05, 0) is 25.7 Å². The van der Waals surface area contributed by atoms with Gasteiger partial charge in [0.25, 0.3) is 0 Å². The van der Waals surface area contributed by atoms with Gasteiger partial charge in [0.1, 0.15) is 12.1 Å². The van der Waals surface area contributed by atoms with E-state index in [1.54, 1.807) is 6.33 Å². The first kappa shape index (κ1) is 11.9. The van der Waals surface area contributed by atoms with Crippen LogP contribution in [0.25, 0.3) is 0 Å². The lowest BCUT2D eigenvalue weighted by atomic mass is 9.93. The number of nitrogens with zero attached hydrogens (tertiary/aromatic N) is 3. The summed E-state index contributed by atoms with van der Waals surface area (Å²) in [5.74, 6) is 2.01. The second-order valence-corrected chi connectivity index (χ2v) is 5.72. The predicted octanol–water partition coefficient (Wildman–Crippen LogP) is 1.75. The van der Waals surface area contributed by atoms with Crippen molar-refractivity contribution in [3.8, 4) is 0 Å². The first-order valence-corrected chi connectivity index (χ1v) is 7.06. The Balaban J connectivity index is 1.92. The molecule has 1 fully saturated rings. The summed E-state index contributed by atoms with van der Waals surface area (Å²) < 4.78 is 0. The summed E-state index contributed by atoms with van der Waals surface area (Å²) in [5.41, 5.74) is 2.56. The summed E-state index contributed by atoms with van der Waals surface area (Å²) in [6.45, 7) is 7.76. The maximum Gasteiger partial charge on any atom is 0.136 e. The molecule has 3 rings (SSSR count). The van der Waals surface area contributed by atoms with Crippen LogP contribution in [0.3, 0.4) is 0 Å². The average Bonchev–Trinajstić information content (AvgIpc) is 2.38. The third-order valence-corrected chi connectivity index (χ3v) is 4.26. The summed E-state index contributed by atoms with van der Waals surface area (Å²) in [5, 5.41) is 3.44. The molecular weight excluding hydrogens is 224 g/mol. The van der Waals surface area contributed by atoms with Gasteiger partial charge >= 0.3 is 0 Å². The average molecular weight is 246 g/mol. The summed E-state index contributed by atoms with van der Waals surface area (Å²) in [6, 6.07) is 0.592. The standard InChI is InChI=1S/C14H22N4/c1-10-4-6-18(11(2)7-10)14-12-8-15-5-3-13(12)16-9-17-14/h9-11,15H,3-8H2,1-2H3. The normalized spacial score (nSPS) is 28.0. The van der Waals surface area contributed by atoms with Crippen LogP contribution >= 0.6 is 0 Å². The summed E-state index contributed by atoms with van der Waals surface area (Å²) in [7, 11) is 0. The van der Waals surface area contributed by atoms with Gasteiger partial charge < -0.3 is 10.2 Å². The zero-order valence-corrected chi connectivity index (χ0v) is 11.3. The highest BCUT2D eigenvalue weighted by Crippen LogP contribution is 2.30. The van der Waals surface area contributed by atoms with Crippen molar-refractivity contribution in [1.29, 1.82) is 0 Å². The van der Waals surface area contributed by atoms with Gasteiger partial charge in [-0.15, -0.1) is 0 Å². The van der Waals surface area contributed by atoms with Gasteiger partial charge in [0.15, 0.2) is 0 Å². The van der Waals surface area contributed by atoms with Gasteiger partial charge in [-0.25, -0.2) is 9.97 Å². The van der Waals surface area contributed by atoms with Crippen LogP contribution < -0.4 is 10.2 Å². The van der Waals surface area contributed by atoms with Crippen molar-refractivity contribution in [3.05, 3.63) is 17.6 Å². The van der Waals surface area contributed by atoms with Crippen LogP contribution in [0.15, 0.2) is 6.33 Å². The van der Waals surface area contributed by atoms with Crippen LogP contribution in [-0.2, 0) is 13.0 Å². The molecule has 18 heavy (non-hydrogen) atoms. The molecule has 2 aliphatic rings. The minimum Gasteiger partial charge on any atom is -0.354 e. The highest BCUT2D eigenvalue weighted by Gasteiger charge is 2.27. The molecule has 0 saturated carbocycles. The molecule has 0 aromatic carbocycles. The summed E-state index contributed by atoms with van der Waals surface area (Å²) in [4.78, 5) is 11.5. The zero-order chi connectivity index (χ0) is 12.5. The summed E-state index contributed by atoms with van der Waals surface area (Å²) >= 11 is 0. The fraction of sp³-hybridized carbons (Fsp3) is 0.714. The van der Waals surface area contributed by atoms with E-state index in [-0.39, 0.29) is 0 Å². The molecular formula is C14H22N4. The highest BCUT2D eigenvalue weighted by atomic mass is 15.2. The number of aromatic nitrogens is 2. The first-order valence-electron chi connectivity index (χ1n) is 7.06. The lowest BCUT2D eigenvalue weighted by molar-refractivity contribution is 0.374. The molecule has 0 amide bonds. The van der Waals surface area contributed by atoms with Gasteiger partial charge in [-0.2, -0.15) is 0 Å². The van der Waals surface area contributed by atoms with Crippen LogP contribution in [0.1, 0.15) is 37.9 Å². The van der Waals surface area contributed by atoms with Gasteiger partial charge in [-0.1, -0.05) is 6.92 Å². The minimum atomic E-state index is 0.592. The maximum atomic E-state index is 4.57. The first-order chi connectivity index (χ1) is 8.75. The third-order valence-electron chi connectivity index (χ3n) is 4.26. The Morgan fingerprint density at radius 3 is 3.06 bits per heavy atom. The van der Waals surface area contributed by atoms with E-state index in [1.165, 1.54) is 29.9 Å². The van der Waals surface area contributed by atoms with Gasteiger partial charge in [0.05, 0.1) is 5.69 Å². The Hall–Kier alpha value is -1.16. The Morgan fingerprint density at radius 1 is 1.33 bits per heavy atom. The molecule has 2 atom stereocenters. The van der Waals surface area contributed by atoms with E-state index in [9.17, 15) is 0 Å². The lowest BCUT2D eigenvalue weighted by Gasteiger charge is -2.39. The van der Waals surface area contributed by atoms with Gasteiger partial charge in [0, 0.05) is 37.7 Å². The lowest BCUT2D eigenvalue weighted by Crippen LogP contribution is -2.42. The van der Waals surface area contributed by atoms with E-state index >= 15 is 0 Å². The number of hydrogen-bond acceptors (Lipinski definition) is 4. The SMILES string of the molecule is CC1CCN(c2ncnc3c2CNCC3)C(C)C1. The Bertz CT molecular complexity index is 432. The van der Waals surface area contributed by atoms with E-state index in [2.05, 4.69) is 34.0 Å². The quantitative estimate of drug-likeness (QED) is 0.819. The molecule has 1 saturated heterocycles. The van der Waals surface area contributed by atoms with Crippen LogP contribution in [-0.4, -0.2) is 29.1 Å². The molecule has 1 N–H and O–H groups in total. The fourth-order valence-electron chi connectivity index (χ4n) is 3.22. The van der Waals surface area contributed by atoms with Crippen molar-refractivity contribution in [2.75, 3.05) is 18.0 Å². The Morgan fingerprint density at radius 2 is 2.22 bits per heavy atom. The molecule has 2 unspecified atom stereocenters. The molecule has 0 radical (unpaired) electrons. The predicted molar refractivity (Wildman–Crippen MR) is 72.6 cm³/mol. The third kappa shape index (κ3) is 2.09. The molecule has 2 aliphatic heterocycles. The number of rotatable bonds is 1. The van der Waals surface area contributed by atoms with Crippen molar-refractivity contribution in [2.24, 2.45) is 5.92 Å². The second-order valence-electron chi connectivity index (χ2n) is 5.72. The van der Waals surface area contributed by atoms with Crippen molar-refractivity contribution in [1.82, 2.24) is 15.3 Å². The maximum absolute atomic E-state index is 4.57. The van der Waals surface area contributed by atoms with Crippen LogP contribution in [0.4, 0.5) is 5.82 Å². The molecule has 0 aliphatic carbocycles. The second kappa shape index (κ2) is 4.84. The van der Waals surface area contributed by atoms with Crippen molar-refractivity contribution in [2.45, 2.75) is 45.7 Å². The molecule has 1 aromatic rings. The Kier molecular flexibility index (Phi) is 3.20. The number of nitrogens with one attached hydrogen (secondary N) is 1. The van der Waals surface area contributed by atoms with Crippen molar-refractivity contribution in [3.63, 3.8) is 0 Å². The van der Waals surface area contributed by atoms with E-state index in [4.69, 9.17) is 0 Å². The molecule has 0 bridgehead atoms. The largest absolute Gasteiger partial charge is 0.354 e. The van der Waals surface area contributed by atoms with E-state index < -0.39 is 0 Å². The number of fused-ring (bicyclic) bond motifs is 1. The number of hydrogen-bond donors (Lipinski definition) is 1. The van der Waals surface area contributed by atoms with Crippen molar-refractivity contribution < 1.29 is 0 Å². The summed E-state index contributed by atoms with van der Waals surface area (Å²) in [6.07, 6.45) is 5.32. The molecule has 4 heteroatoms. The molecule has 0 spiro atoms.